The van der Waals surface area contributed by atoms with Crippen LogP contribution in [0.5, 0.6) is 0 Å². The van der Waals surface area contributed by atoms with Crippen molar-refractivity contribution in [2.75, 3.05) is 13.1 Å². The molecule has 0 atom stereocenters. The first-order chi connectivity index (χ1) is 5.27. The van der Waals surface area contributed by atoms with Crippen molar-refractivity contribution in [3.63, 3.8) is 0 Å². The van der Waals surface area contributed by atoms with Gasteiger partial charge < -0.3 is 5.32 Å². The molecule has 11 heavy (non-hydrogen) atoms. The summed E-state index contributed by atoms with van der Waals surface area (Å²) in [6, 6.07) is 0. The SMILES string of the molecule is CCNC/C=N\C=C/C(C)C. The second-order valence-corrected chi connectivity index (χ2v) is 2.72. The van der Waals surface area contributed by atoms with Gasteiger partial charge in [0.05, 0.1) is 0 Å². The third kappa shape index (κ3) is 9.37. The van der Waals surface area contributed by atoms with Crippen LogP contribution in [-0.4, -0.2) is 19.3 Å². The molecule has 0 bridgehead atoms. The van der Waals surface area contributed by atoms with Gasteiger partial charge in [-0.15, -0.1) is 0 Å². The molecule has 0 amide bonds. The Morgan fingerprint density at radius 3 is 2.73 bits per heavy atom. The normalized spacial score (nSPS) is 12.4. The van der Waals surface area contributed by atoms with Gasteiger partial charge in [-0.05, 0) is 12.5 Å². The largest absolute Gasteiger partial charge is 0.312 e. The van der Waals surface area contributed by atoms with Crippen molar-refractivity contribution in [2.24, 2.45) is 10.9 Å². The zero-order valence-electron chi connectivity index (χ0n) is 7.67. The highest BCUT2D eigenvalue weighted by atomic mass is 14.9. The number of allylic oxidation sites excluding steroid dienone is 1. The molecule has 2 heteroatoms. The molecule has 0 heterocycles. The van der Waals surface area contributed by atoms with Crippen LogP contribution in [0.25, 0.3) is 0 Å². The van der Waals surface area contributed by atoms with E-state index in [-0.39, 0.29) is 0 Å². The predicted octanol–water partition coefficient (Wildman–Crippen LogP) is 1.84. The number of nitrogens with zero attached hydrogens (tertiary/aromatic N) is 1. The topological polar surface area (TPSA) is 24.4 Å². The lowest BCUT2D eigenvalue weighted by Gasteiger charge is -1.91. The van der Waals surface area contributed by atoms with Crippen molar-refractivity contribution in [3.05, 3.63) is 12.3 Å². The van der Waals surface area contributed by atoms with E-state index in [1.807, 2.05) is 12.4 Å². The summed E-state index contributed by atoms with van der Waals surface area (Å²) in [7, 11) is 0. The first kappa shape index (κ1) is 10.4. The van der Waals surface area contributed by atoms with Crippen LogP contribution in [0.4, 0.5) is 0 Å². The van der Waals surface area contributed by atoms with Gasteiger partial charge in [-0.2, -0.15) is 0 Å². The lowest BCUT2D eigenvalue weighted by molar-refractivity contribution is 0.821. The molecule has 0 aromatic heterocycles. The van der Waals surface area contributed by atoms with Crippen LogP contribution < -0.4 is 5.32 Å². The van der Waals surface area contributed by atoms with E-state index in [2.05, 4.69) is 37.2 Å². The van der Waals surface area contributed by atoms with E-state index in [9.17, 15) is 0 Å². The fourth-order valence-electron chi connectivity index (χ4n) is 0.544. The van der Waals surface area contributed by atoms with Crippen LogP contribution in [0, 0.1) is 5.92 Å². The predicted molar refractivity (Wildman–Crippen MR) is 51.0 cm³/mol. The van der Waals surface area contributed by atoms with Crippen molar-refractivity contribution in [1.82, 2.24) is 5.32 Å². The Kier molecular flexibility index (Phi) is 7.05. The summed E-state index contributed by atoms with van der Waals surface area (Å²) in [5, 5.41) is 3.15. The summed E-state index contributed by atoms with van der Waals surface area (Å²) in [5.41, 5.74) is 0. The minimum atomic E-state index is 0.589. The van der Waals surface area contributed by atoms with Crippen molar-refractivity contribution in [3.8, 4) is 0 Å². The van der Waals surface area contributed by atoms with E-state index >= 15 is 0 Å². The fraction of sp³-hybridized carbons (Fsp3) is 0.667. The molecule has 0 aromatic rings. The Morgan fingerprint density at radius 2 is 2.18 bits per heavy atom. The van der Waals surface area contributed by atoms with Gasteiger partial charge in [-0.3, -0.25) is 4.99 Å². The standard InChI is InChI=1S/C9H18N2/c1-4-10-7-8-11-6-5-9(2)3/h5-6,8-10H,4,7H2,1-3H3/b6-5-,11-8-. The number of rotatable bonds is 5. The van der Waals surface area contributed by atoms with E-state index in [0.29, 0.717) is 5.92 Å². The quantitative estimate of drug-likeness (QED) is 0.474. The molecule has 64 valence electrons. The number of aliphatic imine (C=N–C) groups is 1. The smallest absolute Gasteiger partial charge is 0.0309 e. The molecule has 0 spiro atoms. The molecule has 0 aliphatic heterocycles. The molecule has 0 rings (SSSR count). The van der Waals surface area contributed by atoms with Crippen LogP contribution in [0.15, 0.2) is 17.3 Å². The molecular weight excluding hydrogens is 136 g/mol. The number of hydrogen-bond donors (Lipinski definition) is 1. The Morgan fingerprint density at radius 1 is 1.45 bits per heavy atom. The number of hydrogen-bond acceptors (Lipinski definition) is 2. The average Bonchev–Trinajstić information content (AvgIpc) is 1.96. The fourth-order valence-corrected chi connectivity index (χ4v) is 0.544. The van der Waals surface area contributed by atoms with E-state index in [1.165, 1.54) is 0 Å². The van der Waals surface area contributed by atoms with Gasteiger partial charge >= 0.3 is 0 Å². The maximum atomic E-state index is 4.08. The molecule has 0 aliphatic rings. The Bertz CT molecular complexity index is 126. The van der Waals surface area contributed by atoms with E-state index in [1.54, 1.807) is 0 Å². The van der Waals surface area contributed by atoms with Crippen LogP contribution in [0.2, 0.25) is 0 Å². The Balaban J connectivity index is 3.29. The van der Waals surface area contributed by atoms with Gasteiger partial charge in [-0.25, -0.2) is 0 Å². The first-order valence-corrected chi connectivity index (χ1v) is 4.16. The Labute approximate surface area is 69.4 Å². The van der Waals surface area contributed by atoms with Crippen LogP contribution in [0.1, 0.15) is 20.8 Å². The lowest BCUT2D eigenvalue weighted by atomic mass is 10.2. The van der Waals surface area contributed by atoms with Crippen LogP contribution >= 0.6 is 0 Å². The van der Waals surface area contributed by atoms with Crippen molar-refractivity contribution >= 4 is 6.21 Å². The van der Waals surface area contributed by atoms with Crippen molar-refractivity contribution in [1.29, 1.82) is 0 Å². The molecule has 0 fully saturated rings. The van der Waals surface area contributed by atoms with Gasteiger partial charge in [0.25, 0.3) is 0 Å². The minimum Gasteiger partial charge on any atom is -0.312 e. The van der Waals surface area contributed by atoms with Gasteiger partial charge in [0.15, 0.2) is 0 Å². The molecular formula is C9H18N2. The molecule has 0 saturated carbocycles. The summed E-state index contributed by atoms with van der Waals surface area (Å²) in [6.07, 6.45) is 5.80. The maximum absolute atomic E-state index is 4.08. The molecule has 2 nitrogen and oxygen atoms in total. The summed E-state index contributed by atoms with van der Waals surface area (Å²) in [5.74, 6) is 0.589. The monoisotopic (exact) mass is 154 g/mol. The van der Waals surface area contributed by atoms with Gasteiger partial charge in [0.1, 0.15) is 0 Å². The third-order valence-electron chi connectivity index (χ3n) is 1.15. The van der Waals surface area contributed by atoms with Gasteiger partial charge in [0.2, 0.25) is 0 Å². The molecule has 0 radical (unpaired) electrons. The van der Waals surface area contributed by atoms with Crippen molar-refractivity contribution < 1.29 is 0 Å². The molecule has 0 unspecified atom stereocenters. The van der Waals surface area contributed by atoms with Gasteiger partial charge in [0, 0.05) is 19.0 Å². The van der Waals surface area contributed by atoms with E-state index in [4.69, 9.17) is 0 Å². The second-order valence-electron chi connectivity index (χ2n) is 2.72. The second kappa shape index (κ2) is 7.48. The lowest BCUT2D eigenvalue weighted by Crippen LogP contribution is -2.14. The maximum Gasteiger partial charge on any atom is 0.0309 e. The van der Waals surface area contributed by atoms with E-state index < -0.39 is 0 Å². The highest BCUT2D eigenvalue weighted by molar-refractivity contribution is 5.60. The van der Waals surface area contributed by atoms with E-state index in [0.717, 1.165) is 13.1 Å². The first-order valence-electron chi connectivity index (χ1n) is 4.16. The summed E-state index contributed by atoms with van der Waals surface area (Å²) >= 11 is 0. The van der Waals surface area contributed by atoms with Crippen LogP contribution in [-0.2, 0) is 0 Å². The average molecular weight is 154 g/mol. The Hall–Kier alpha value is -0.630. The number of nitrogens with one attached hydrogen (secondary N) is 1. The highest BCUT2D eigenvalue weighted by Crippen LogP contribution is 1.92. The summed E-state index contributed by atoms with van der Waals surface area (Å²) in [4.78, 5) is 4.08. The highest BCUT2D eigenvalue weighted by Gasteiger charge is 1.79. The van der Waals surface area contributed by atoms with Crippen molar-refractivity contribution in [2.45, 2.75) is 20.8 Å². The third-order valence-corrected chi connectivity index (χ3v) is 1.15. The van der Waals surface area contributed by atoms with Gasteiger partial charge in [-0.1, -0.05) is 26.8 Å². The molecule has 0 aliphatic carbocycles. The summed E-state index contributed by atoms with van der Waals surface area (Å²) in [6.45, 7) is 8.21. The minimum absolute atomic E-state index is 0.589. The molecule has 0 saturated heterocycles. The zero-order valence-corrected chi connectivity index (χ0v) is 7.67. The van der Waals surface area contributed by atoms with Crippen LogP contribution in [0.3, 0.4) is 0 Å². The zero-order chi connectivity index (χ0) is 8.53. The summed E-state index contributed by atoms with van der Waals surface area (Å²) < 4.78 is 0. The molecule has 1 N–H and O–H groups in total. The molecule has 0 aromatic carbocycles.